The number of β-amino-alcohol motifs (C(OH)–C–C–N with tert-alkyl or cyclic N) is 1. The third-order valence-electron chi connectivity index (χ3n) is 5.37. The average Bonchev–Trinajstić information content (AvgIpc) is 2.80. The third-order valence-corrected chi connectivity index (χ3v) is 6.65. The minimum absolute atomic E-state index is 0.0683. The Kier molecular flexibility index (Phi) is 5.15. The number of likely N-dealkylation sites (tertiary alicyclic amines) is 1. The topological polar surface area (TPSA) is 60.9 Å². The van der Waals surface area contributed by atoms with Gasteiger partial charge < -0.3 is 5.11 Å². The molecule has 0 bridgehead atoms. The molecule has 5 nitrogen and oxygen atoms in total. The van der Waals surface area contributed by atoms with Crippen LogP contribution in [0.3, 0.4) is 0 Å². The van der Waals surface area contributed by atoms with Crippen LogP contribution < -0.4 is 4.31 Å². The van der Waals surface area contributed by atoms with Crippen molar-refractivity contribution in [2.24, 2.45) is 11.8 Å². The molecule has 0 amide bonds. The Hall–Kier alpha value is -1.11. The lowest BCUT2D eigenvalue weighted by atomic mass is 9.91. The quantitative estimate of drug-likeness (QED) is 0.889. The summed E-state index contributed by atoms with van der Waals surface area (Å²) in [5, 5.41) is 10.7. The van der Waals surface area contributed by atoms with Crippen LogP contribution in [0.5, 0.6) is 0 Å². The van der Waals surface area contributed by atoms with E-state index >= 15 is 0 Å². The lowest BCUT2D eigenvalue weighted by Gasteiger charge is -2.36. The molecule has 0 saturated carbocycles. The van der Waals surface area contributed by atoms with Crippen LogP contribution in [0.1, 0.15) is 44.4 Å². The van der Waals surface area contributed by atoms with E-state index in [-0.39, 0.29) is 6.04 Å². The number of hydrogen-bond donors (Lipinski definition) is 1. The second-order valence-electron chi connectivity index (χ2n) is 8.18. The van der Waals surface area contributed by atoms with Gasteiger partial charge in [0.05, 0.1) is 18.0 Å². The number of aliphatic hydroxyl groups excluding tert-OH is 1. The molecular weight excluding hydrogens is 336 g/mol. The van der Waals surface area contributed by atoms with Crippen molar-refractivity contribution in [2.75, 3.05) is 30.2 Å². The lowest BCUT2D eigenvalue weighted by Crippen LogP contribution is -2.40. The predicted molar refractivity (Wildman–Crippen MR) is 101 cm³/mol. The van der Waals surface area contributed by atoms with Crippen molar-refractivity contribution in [3.05, 3.63) is 29.3 Å². The molecule has 1 aromatic carbocycles. The standard InChI is InChI=1S/C19H30N2O3S/c1-13-7-14(2)11-20(10-13)12-19(22)16-5-6-18-17(9-16)8-15(3)21(18)25(4,23)24/h5-6,9,13-15,19,22H,7-8,10-12H2,1-4H3. The molecule has 2 heterocycles. The van der Waals surface area contributed by atoms with Crippen LogP contribution in [-0.2, 0) is 16.4 Å². The maximum Gasteiger partial charge on any atom is 0.232 e. The molecule has 1 N–H and O–H groups in total. The number of rotatable bonds is 4. The molecule has 1 saturated heterocycles. The Morgan fingerprint density at radius 3 is 2.44 bits per heavy atom. The summed E-state index contributed by atoms with van der Waals surface area (Å²) >= 11 is 0. The highest BCUT2D eigenvalue weighted by molar-refractivity contribution is 7.92. The van der Waals surface area contributed by atoms with E-state index in [9.17, 15) is 13.5 Å². The highest BCUT2D eigenvalue weighted by atomic mass is 32.2. The number of fused-ring (bicyclic) bond motifs is 1. The summed E-state index contributed by atoms with van der Waals surface area (Å²) in [5.41, 5.74) is 2.65. The predicted octanol–water partition coefficient (Wildman–Crippen LogP) is 2.41. The van der Waals surface area contributed by atoms with Gasteiger partial charge in [0.15, 0.2) is 0 Å². The molecule has 2 aliphatic heterocycles. The maximum atomic E-state index is 12.0. The van der Waals surface area contributed by atoms with Gasteiger partial charge in [0.25, 0.3) is 0 Å². The van der Waals surface area contributed by atoms with Gasteiger partial charge in [-0.15, -0.1) is 0 Å². The van der Waals surface area contributed by atoms with Crippen molar-refractivity contribution in [1.29, 1.82) is 0 Å². The Morgan fingerprint density at radius 1 is 1.20 bits per heavy atom. The van der Waals surface area contributed by atoms with Crippen LogP contribution in [0, 0.1) is 11.8 Å². The summed E-state index contributed by atoms with van der Waals surface area (Å²) in [7, 11) is -3.27. The Balaban J connectivity index is 1.75. The molecule has 0 aliphatic carbocycles. The van der Waals surface area contributed by atoms with Gasteiger partial charge in [-0.25, -0.2) is 8.42 Å². The third kappa shape index (κ3) is 4.01. The molecule has 4 unspecified atom stereocenters. The zero-order valence-electron chi connectivity index (χ0n) is 15.6. The van der Waals surface area contributed by atoms with Crippen LogP contribution in [0.15, 0.2) is 18.2 Å². The zero-order chi connectivity index (χ0) is 18.4. The largest absolute Gasteiger partial charge is 0.387 e. The van der Waals surface area contributed by atoms with E-state index in [1.54, 1.807) is 0 Å². The minimum atomic E-state index is -3.27. The Morgan fingerprint density at radius 2 is 1.84 bits per heavy atom. The van der Waals surface area contributed by atoms with Crippen molar-refractivity contribution in [3.8, 4) is 0 Å². The van der Waals surface area contributed by atoms with Crippen LogP contribution in [-0.4, -0.2) is 50.4 Å². The molecule has 3 rings (SSSR count). The molecule has 25 heavy (non-hydrogen) atoms. The molecule has 0 radical (unpaired) electrons. The average molecular weight is 367 g/mol. The maximum absolute atomic E-state index is 12.0. The second-order valence-corrected chi connectivity index (χ2v) is 10.0. The zero-order valence-corrected chi connectivity index (χ0v) is 16.5. The van der Waals surface area contributed by atoms with Gasteiger partial charge in [-0.3, -0.25) is 9.21 Å². The molecule has 2 aliphatic rings. The minimum Gasteiger partial charge on any atom is -0.387 e. The summed E-state index contributed by atoms with van der Waals surface area (Å²) in [5.74, 6) is 1.33. The van der Waals surface area contributed by atoms with E-state index in [1.807, 2.05) is 25.1 Å². The Bertz CT molecular complexity index is 724. The summed E-state index contributed by atoms with van der Waals surface area (Å²) in [6.07, 6.45) is 2.66. The van der Waals surface area contributed by atoms with Crippen molar-refractivity contribution in [2.45, 2.75) is 45.8 Å². The van der Waals surface area contributed by atoms with E-state index in [4.69, 9.17) is 0 Å². The highest BCUT2D eigenvalue weighted by Crippen LogP contribution is 2.36. The van der Waals surface area contributed by atoms with Gasteiger partial charge in [-0.2, -0.15) is 0 Å². The summed E-state index contributed by atoms with van der Waals surface area (Å²) in [6.45, 7) is 9.17. The van der Waals surface area contributed by atoms with E-state index in [0.717, 1.165) is 29.9 Å². The normalized spacial score (nSPS) is 28.8. The lowest BCUT2D eigenvalue weighted by molar-refractivity contribution is 0.0699. The van der Waals surface area contributed by atoms with Gasteiger partial charge in [0, 0.05) is 25.7 Å². The summed E-state index contributed by atoms with van der Waals surface area (Å²) in [4.78, 5) is 2.35. The smallest absolute Gasteiger partial charge is 0.232 e. The van der Waals surface area contributed by atoms with E-state index < -0.39 is 16.1 Å². The van der Waals surface area contributed by atoms with Crippen molar-refractivity contribution in [3.63, 3.8) is 0 Å². The molecule has 4 atom stereocenters. The summed E-state index contributed by atoms with van der Waals surface area (Å²) in [6, 6.07) is 5.63. The Labute approximate surface area is 151 Å². The molecule has 140 valence electrons. The fourth-order valence-electron chi connectivity index (χ4n) is 4.63. The fraction of sp³-hybridized carbons (Fsp3) is 0.684. The van der Waals surface area contributed by atoms with Crippen LogP contribution >= 0.6 is 0 Å². The van der Waals surface area contributed by atoms with Crippen LogP contribution in [0.25, 0.3) is 0 Å². The van der Waals surface area contributed by atoms with E-state index in [1.165, 1.54) is 17.0 Å². The first kappa shape index (κ1) is 18.7. The first-order valence-corrected chi connectivity index (χ1v) is 11.0. The van der Waals surface area contributed by atoms with Gasteiger partial charge in [0.2, 0.25) is 10.0 Å². The van der Waals surface area contributed by atoms with Gasteiger partial charge in [-0.1, -0.05) is 26.0 Å². The molecule has 1 fully saturated rings. The van der Waals surface area contributed by atoms with Gasteiger partial charge in [-0.05, 0) is 48.8 Å². The monoisotopic (exact) mass is 366 g/mol. The van der Waals surface area contributed by atoms with Crippen molar-refractivity contribution < 1.29 is 13.5 Å². The van der Waals surface area contributed by atoms with E-state index in [0.29, 0.717) is 24.8 Å². The first-order chi connectivity index (χ1) is 11.6. The van der Waals surface area contributed by atoms with Crippen LogP contribution in [0.2, 0.25) is 0 Å². The van der Waals surface area contributed by atoms with E-state index in [2.05, 4.69) is 18.7 Å². The SMILES string of the molecule is CC1CC(C)CN(CC(O)c2ccc3c(c2)CC(C)N3S(C)(=O)=O)C1. The summed E-state index contributed by atoms with van der Waals surface area (Å²) < 4.78 is 25.5. The highest BCUT2D eigenvalue weighted by Gasteiger charge is 2.33. The fourth-order valence-corrected chi connectivity index (χ4v) is 5.89. The molecule has 6 heteroatoms. The van der Waals surface area contributed by atoms with Gasteiger partial charge in [0.1, 0.15) is 0 Å². The van der Waals surface area contributed by atoms with Crippen molar-refractivity contribution in [1.82, 2.24) is 4.90 Å². The molecule has 0 aromatic heterocycles. The number of anilines is 1. The number of nitrogens with zero attached hydrogens (tertiary/aromatic N) is 2. The molecular formula is C19H30N2O3S. The number of hydrogen-bond acceptors (Lipinski definition) is 4. The second kappa shape index (κ2) is 6.89. The van der Waals surface area contributed by atoms with Crippen LogP contribution in [0.4, 0.5) is 5.69 Å². The number of piperidine rings is 1. The number of aliphatic hydroxyl groups is 1. The molecule has 1 aromatic rings. The number of benzene rings is 1. The van der Waals surface area contributed by atoms with Crippen molar-refractivity contribution >= 4 is 15.7 Å². The number of sulfonamides is 1. The molecule has 0 spiro atoms. The van der Waals surface area contributed by atoms with Gasteiger partial charge >= 0.3 is 0 Å². The first-order valence-electron chi connectivity index (χ1n) is 9.17.